The maximum Gasteiger partial charge on any atom is 0.443 e. The van der Waals surface area contributed by atoms with E-state index in [1.54, 1.807) is 0 Å². The zero-order chi connectivity index (χ0) is 15.1. The molecule has 3 unspecified atom stereocenters. The van der Waals surface area contributed by atoms with Gasteiger partial charge in [0, 0.05) is 16.5 Å². The second-order valence-corrected chi connectivity index (χ2v) is 7.37. The van der Waals surface area contributed by atoms with E-state index >= 15 is 0 Å². The van der Waals surface area contributed by atoms with Crippen LogP contribution in [0.4, 0.5) is 13.2 Å². The van der Waals surface area contributed by atoms with Gasteiger partial charge in [0.05, 0.1) is 6.10 Å². The maximum absolute atomic E-state index is 12.7. The molecule has 114 valence electrons. The molecule has 3 atom stereocenters. The van der Waals surface area contributed by atoms with E-state index in [0.29, 0.717) is 22.1 Å². The summed E-state index contributed by atoms with van der Waals surface area (Å²) in [4.78, 5) is 4.10. The third-order valence-corrected chi connectivity index (χ3v) is 5.77. The van der Waals surface area contributed by atoms with Crippen LogP contribution in [0.5, 0.6) is 0 Å². The van der Waals surface area contributed by atoms with Crippen molar-refractivity contribution in [3.63, 3.8) is 0 Å². The summed E-state index contributed by atoms with van der Waals surface area (Å²) in [7, 11) is 0. The van der Waals surface area contributed by atoms with Gasteiger partial charge < -0.3 is 5.11 Å². The normalized spacial score (nSPS) is 28.6. The van der Waals surface area contributed by atoms with Crippen molar-refractivity contribution >= 4 is 11.3 Å². The Morgan fingerprint density at radius 3 is 2.45 bits per heavy atom. The average molecular weight is 307 g/mol. The van der Waals surface area contributed by atoms with Crippen molar-refractivity contribution in [2.45, 2.75) is 57.7 Å². The number of aliphatic hydroxyl groups is 1. The van der Waals surface area contributed by atoms with E-state index in [9.17, 15) is 18.3 Å². The Kier molecular flexibility index (Phi) is 4.17. The number of aromatic nitrogens is 1. The lowest BCUT2D eigenvalue weighted by Crippen LogP contribution is -2.40. The van der Waals surface area contributed by atoms with Gasteiger partial charge in [0.25, 0.3) is 0 Å². The van der Waals surface area contributed by atoms with E-state index in [0.717, 1.165) is 19.3 Å². The number of halogens is 3. The van der Waals surface area contributed by atoms with E-state index in [1.807, 2.05) is 13.8 Å². The van der Waals surface area contributed by atoms with Crippen LogP contribution in [0.1, 0.15) is 49.9 Å². The van der Waals surface area contributed by atoms with Crippen LogP contribution >= 0.6 is 11.3 Å². The van der Waals surface area contributed by atoms with Crippen molar-refractivity contribution in [2.75, 3.05) is 0 Å². The van der Waals surface area contributed by atoms with Gasteiger partial charge in [-0.2, -0.15) is 13.2 Å². The molecule has 0 saturated heterocycles. The second-order valence-electron chi connectivity index (χ2n) is 6.34. The lowest BCUT2D eigenvalue weighted by molar-refractivity contribution is -0.137. The van der Waals surface area contributed by atoms with Crippen molar-refractivity contribution in [1.29, 1.82) is 0 Å². The zero-order valence-corrected chi connectivity index (χ0v) is 12.7. The summed E-state index contributed by atoms with van der Waals surface area (Å²) < 4.78 is 38.0. The monoisotopic (exact) mass is 307 g/mol. The van der Waals surface area contributed by atoms with Crippen LogP contribution in [-0.2, 0) is 11.6 Å². The van der Waals surface area contributed by atoms with Crippen LogP contribution in [0.2, 0.25) is 0 Å². The van der Waals surface area contributed by atoms with Crippen molar-refractivity contribution < 1.29 is 18.3 Å². The fourth-order valence-electron chi connectivity index (χ4n) is 3.08. The lowest BCUT2D eigenvalue weighted by atomic mass is 9.67. The molecule has 0 spiro atoms. The van der Waals surface area contributed by atoms with Crippen molar-refractivity contribution in [3.05, 3.63) is 16.1 Å². The minimum absolute atomic E-state index is 0.0137. The predicted molar refractivity (Wildman–Crippen MR) is 72.7 cm³/mol. The molecule has 1 aliphatic rings. The zero-order valence-electron chi connectivity index (χ0n) is 11.9. The van der Waals surface area contributed by atoms with E-state index in [2.05, 4.69) is 11.9 Å². The highest BCUT2D eigenvalue weighted by molar-refractivity contribution is 7.11. The van der Waals surface area contributed by atoms with Crippen LogP contribution in [0.15, 0.2) is 6.20 Å². The molecular weight excluding hydrogens is 287 g/mol. The Labute approximate surface area is 121 Å². The van der Waals surface area contributed by atoms with Crippen LogP contribution < -0.4 is 0 Å². The summed E-state index contributed by atoms with van der Waals surface area (Å²) >= 11 is 0.696. The molecule has 2 nitrogen and oxygen atoms in total. The van der Waals surface area contributed by atoms with E-state index in [-0.39, 0.29) is 5.92 Å². The topological polar surface area (TPSA) is 33.1 Å². The first-order valence-corrected chi connectivity index (χ1v) is 7.65. The van der Waals surface area contributed by atoms with Crippen molar-refractivity contribution in [2.24, 2.45) is 11.8 Å². The molecule has 0 bridgehead atoms. The maximum atomic E-state index is 12.7. The highest BCUT2D eigenvalue weighted by atomic mass is 32.1. The van der Waals surface area contributed by atoms with Gasteiger partial charge in [0.2, 0.25) is 0 Å². The highest BCUT2D eigenvalue weighted by Gasteiger charge is 2.42. The minimum Gasteiger partial charge on any atom is -0.393 e. The van der Waals surface area contributed by atoms with Crippen LogP contribution in [0.25, 0.3) is 0 Å². The summed E-state index contributed by atoms with van der Waals surface area (Å²) in [6.45, 7) is 5.91. The molecule has 1 aliphatic carbocycles. The Bertz CT molecular complexity index is 469. The van der Waals surface area contributed by atoms with Crippen molar-refractivity contribution in [1.82, 2.24) is 4.98 Å². The van der Waals surface area contributed by atoms with Crippen LogP contribution in [0.3, 0.4) is 0 Å². The number of alkyl halides is 3. The van der Waals surface area contributed by atoms with Gasteiger partial charge in [-0.1, -0.05) is 27.2 Å². The molecule has 1 saturated carbocycles. The molecule has 0 aliphatic heterocycles. The number of hydrogen-bond donors (Lipinski definition) is 1. The molecule has 1 aromatic rings. The Hall–Kier alpha value is -0.620. The molecule has 0 radical (unpaired) electrons. The number of nitrogens with zero attached hydrogens (tertiary/aromatic N) is 1. The van der Waals surface area contributed by atoms with Gasteiger partial charge in [-0.3, -0.25) is 0 Å². The van der Waals surface area contributed by atoms with Gasteiger partial charge in [0.1, 0.15) is 0 Å². The minimum atomic E-state index is -4.39. The van der Waals surface area contributed by atoms with Gasteiger partial charge >= 0.3 is 6.18 Å². The number of aliphatic hydroxyl groups excluding tert-OH is 1. The summed E-state index contributed by atoms with van der Waals surface area (Å²) in [5.41, 5.74) is -0.485. The first kappa shape index (κ1) is 15.8. The number of rotatable bonds is 2. The Morgan fingerprint density at radius 1 is 1.30 bits per heavy atom. The quantitative estimate of drug-likeness (QED) is 0.886. The number of hydrogen-bond acceptors (Lipinski definition) is 3. The molecular formula is C14H20F3NOS. The molecule has 1 N–H and O–H groups in total. The summed E-state index contributed by atoms with van der Waals surface area (Å²) in [5.74, 6) is 0.462. The van der Waals surface area contributed by atoms with E-state index in [4.69, 9.17) is 0 Å². The summed E-state index contributed by atoms with van der Waals surface area (Å²) in [6.07, 6.45) is -0.953. The third kappa shape index (κ3) is 3.01. The van der Waals surface area contributed by atoms with E-state index in [1.165, 1.54) is 6.20 Å². The molecule has 1 heterocycles. The number of thiazole rings is 1. The lowest BCUT2D eigenvalue weighted by Gasteiger charge is -2.41. The molecule has 0 amide bonds. The fraction of sp³-hybridized carbons (Fsp3) is 0.786. The molecule has 0 aromatic carbocycles. The van der Waals surface area contributed by atoms with Crippen LogP contribution in [-0.4, -0.2) is 16.2 Å². The standard InChI is InChI=1S/C14H20F3NOS/c1-8-4-5-9(10(19)6-8)13(2,3)11-7-18-12(20-11)14(15,16)17/h7-10,19H,4-6H2,1-3H3. The van der Waals surface area contributed by atoms with Crippen molar-refractivity contribution in [3.8, 4) is 0 Å². The van der Waals surface area contributed by atoms with Gasteiger partial charge in [0.15, 0.2) is 5.01 Å². The molecule has 2 rings (SSSR count). The summed E-state index contributed by atoms with van der Waals surface area (Å²) in [5, 5.41) is 9.46. The molecule has 1 aromatic heterocycles. The molecule has 6 heteroatoms. The van der Waals surface area contributed by atoms with Gasteiger partial charge in [-0.05, 0) is 24.7 Å². The largest absolute Gasteiger partial charge is 0.443 e. The third-order valence-electron chi connectivity index (χ3n) is 4.39. The fourth-order valence-corrected chi connectivity index (χ4v) is 4.03. The Balaban J connectivity index is 2.23. The predicted octanol–water partition coefficient (Wildman–Crippen LogP) is 4.24. The van der Waals surface area contributed by atoms with Crippen LogP contribution in [0, 0.1) is 11.8 Å². The highest BCUT2D eigenvalue weighted by Crippen LogP contribution is 2.45. The molecule has 1 fully saturated rings. The average Bonchev–Trinajstić information content (AvgIpc) is 2.77. The molecule has 20 heavy (non-hydrogen) atoms. The smallest absolute Gasteiger partial charge is 0.393 e. The van der Waals surface area contributed by atoms with Gasteiger partial charge in [-0.15, -0.1) is 11.3 Å². The van der Waals surface area contributed by atoms with Gasteiger partial charge in [-0.25, -0.2) is 4.98 Å². The van der Waals surface area contributed by atoms with E-state index < -0.39 is 22.7 Å². The first-order valence-electron chi connectivity index (χ1n) is 6.84. The second kappa shape index (κ2) is 5.30. The summed E-state index contributed by atoms with van der Waals surface area (Å²) in [6, 6.07) is 0. The Morgan fingerprint density at radius 2 is 1.95 bits per heavy atom. The first-order chi connectivity index (χ1) is 9.12. The SMILES string of the molecule is CC1CCC(C(C)(C)c2cnc(C(F)(F)F)s2)C(O)C1.